The number of nitrogens with zero attached hydrogens (tertiary/aromatic N) is 4. The summed E-state index contributed by atoms with van der Waals surface area (Å²) in [5, 5.41) is 0. The van der Waals surface area contributed by atoms with Crippen LogP contribution < -0.4 is 20.3 Å². The Morgan fingerprint density at radius 1 is 0.333 bits per heavy atom. The van der Waals surface area contributed by atoms with Crippen molar-refractivity contribution in [3.8, 4) is 22.7 Å². The van der Waals surface area contributed by atoms with Crippen molar-refractivity contribution >= 4 is 27.7 Å². The molecule has 6 heteroatoms. The largest absolute Gasteiger partial charge is 0.288 e. The Labute approximate surface area is 367 Å². The molecular formula is C54H74N4P2+2. The third-order valence-electron chi connectivity index (χ3n) is 12.3. The van der Waals surface area contributed by atoms with E-state index in [0.717, 1.165) is 0 Å². The highest BCUT2D eigenvalue weighted by atomic mass is 32.0. The van der Waals surface area contributed by atoms with Crippen LogP contribution in [0.5, 0.6) is 0 Å². The summed E-state index contributed by atoms with van der Waals surface area (Å²) in [6.45, 7) is 37.6. The first kappa shape index (κ1) is 45.7. The number of rotatable bonds is 15. The normalized spacial score (nSPS) is 12.7. The first-order valence-electron chi connectivity index (χ1n) is 22.8. The van der Waals surface area contributed by atoms with E-state index in [1.165, 1.54) is 78.4 Å². The monoisotopic (exact) mass is 841 g/mol. The molecule has 0 aliphatic heterocycles. The van der Waals surface area contributed by atoms with Crippen LogP contribution in [0.4, 0.5) is 0 Å². The molecule has 2 heterocycles. The van der Waals surface area contributed by atoms with Gasteiger partial charge in [0.2, 0.25) is 0 Å². The van der Waals surface area contributed by atoms with E-state index in [9.17, 15) is 0 Å². The van der Waals surface area contributed by atoms with E-state index in [2.05, 4.69) is 227 Å². The number of hydrogen-bond donors (Lipinski definition) is 0. The lowest BCUT2D eigenvalue weighted by Crippen LogP contribution is -2.48. The Hall–Kier alpha value is -3.84. The van der Waals surface area contributed by atoms with E-state index in [1.54, 1.807) is 0 Å². The number of para-hydroxylation sites is 4. The minimum atomic E-state index is 0.380. The van der Waals surface area contributed by atoms with Gasteiger partial charge in [0.1, 0.15) is 47.5 Å². The summed E-state index contributed by atoms with van der Waals surface area (Å²) in [6.07, 6.45) is 9.52. The second kappa shape index (κ2) is 19.1. The first-order valence-corrected chi connectivity index (χ1v) is 25.8. The molecule has 6 aromatic rings. The third kappa shape index (κ3) is 8.90. The summed E-state index contributed by atoms with van der Waals surface area (Å²) in [7, 11) is 0.983. The van der Waals surface area contributed by atoms with Crippen molar-refractivity contribution in [3.05, 3.63) is 142 Å². The lowest BCUT2D eigenvalue weighted by Gasteiger charge is -2.21. The van der Waals surface area contributed by atoms with Crippen molar-refractivity contribution in [2.75, 3.05) is 0 Å². The minimum absolute atomic E-state index is 0.380. The quantitative estimate of drug-likeness (QED) is 0.0724. The highest BCUT2D eigenvalue weighted by Gasteiger charge is 2.34. The molecule has 0 radical (unpaired) electrons. The maximum absolute atomic E-state index is 2.60. The maximum atomic E-state index is 2.60. The molecule has 0 fully saturated rings. The summed E-state index contributed by atoms with van der Waals surface area (Å²) in [6, 6.07) is 28.0. The van der Waals surface area contributed by atoms with Crippen LogP contribution >= 0.6 is 16.5 Å². The van der Waals surface area contributed by atoms with Gasteiger partial charge in [-0.3, -0.25) is 0 Å². The van der Waals surface area contributed by atoms with E-state index in [0.29, 0.717) is 63.9 Å². The Morgan fingerprint density at radius 3 is 0.767 bits per heavy atom. The fourth-order valence-electron chi connectivity index (χ4n) is 9.02. The van der Waals surface area contributed by atoms with Crippen LogP contribution in [-0.4, -0.2) is 9.13 Å². The van der Waals surface area contributed by atoms with Crippen LogP contribution in [-0.2, 0) is 0 Å². The van der Waals surface area contributed by atoms with Crippen LogP contribution in [0.2, 0.25) is 0 Å². The van der Waals surface area contributed by atoms with Gasteiger partial charge in [-0.1, -0.05) is 184 Å². The standard InChI is InChI=1S/C54H74N4P2/c1-33(2)41-21-17-22-42(34(3)4)49(41)55-29-30-56(50-43(35(5)6)23-18-24-44(50)36(7)8)53(55)59-60-54-57(51-45(37(9)10)25-19-26-46(51)38(11)12)31-32-58(54)52-47(39(13)14)27-20-28-48(52)40(15)16/h17-40,59-60H,1-16H3/q+2. The average molecular weight is 841 g/mol. The van der Waals surface area contributed by atoms with Gasteiger partial charge in [0.15, 0.2) is 0 Å². The molecule has 2 atom stereocenters. The Bertz CT molecular complexity index is 1980. The number of benzene rings is 4. The summed E-state index contributed by atoms with van der Waals surface area (Å²) in [5.74, 6) is 3.04. The van der Waals surface area contributed by atoms with E-state index in [4.69, 9.17) is 0 Å². The van der Waals surface area contributed by atoms with Crippen molar-refractivity contribution in [1.82, 2.24) is 9.13 Å². The fraction of sp³-hybridized carbons (Fsp3) is 0.444. The van der Waals surface area contributed by atoms with Gasteiger partial charge >= 0.3 is 0 Å². The molecular weight excluding hydrogens is 767 g/mol. The van der Waals surface area contributed by atoms with Gasteiger partial charge in [0.25, 0.3) is 11.1 Å². The molecule has 0 saturated carbocycles. The van der Waals surface area contributed by atoms with Crippen molar-refractivity contribution in [2.45, 2.75) is 158 Å². The second-order valence-electron chi connectivity index (χ2n) is 19.4. The highest BCUT2D eigenvalue weighted by molar-refractivity contribution is 8.18. The number of hydrogen-bond acceptors (Lipinski definition) is 0. The molecule has 60 heavy (non-hydrogen) atoms. The number of imidazole rings is 2. The van der Waals surface area contributed by atoms with Crippen LogP contribution in [0, 0.1) is 0 Å². The highest BCUT2D eigenvalue weighted by Crippen LogP contribution is 2.41. The van der Waals surface area contributed by atoms with Gasteiger partial charge < -0.3 is 0 Å². The van der Waals surface area contributed by atoms with Crippen LogP contribution in [0.3, 0.4) is 0 Å². The molecule has 318 valence electrons. The van der Waals surface area contributed by atoms with Gasteiger partial charge in [0.05, 0.1) is 0 Å². The maximum Gasteiger partial charge on any atom is 0.288 e. The van der Waals surface area contributed by atoms with Crippen molar-refractivity contribution in [3.63, 3.8) is 0 Å². The van der Waals surface area contributed by atoms with Gasteiger partial charge in [-0.05, 0) is 47.3 Å². The molecule has 0 saturated heterocycles. The molecule has 4 aromatic carbocycles. The van der Waals surface area contributed by atoms with Crippen molar-refractivity contribution < 1.29 is 9.13 Å². The lowest BCUT2D eigenvalue weighted by molar-refractivity contribution is -0.576. The third-order valence-corrected chi connectivity index (χ3v) is 15.5. The SMILES string of the molecule is CC(C)c1cccc(C(C)C)c1-n1cc[n+](-c2c(C(C)C)cccc2C(C)C)c1PPc1n(-c2c(C(C)C)cccc2C(C)C)cc[n+]1-c1c(C(C)C)cccc1C(C)C. The Balaban J connectivity index is 1.72. The molecule has 0 amide bonds. The van der Waals surface area contributed by atoms with Gasteiger partial charge in [-0.2, -0.15) is 18.3 Å². The molecule has 2 unspecified atom stereocenters. The Morgan fingerprint density at radius 2 is 0.550 bits per heavy atom. The van der Waals surface area contributed by atoms with Crippen LogP contribution in [0.15, 0.2) is 97.6 Å². The van der Waals surface area contributed by atoms with E-state index < -0.39 is 0 Å². The molecule has 6 rings (SSSR count). The van der Waals surface area contributed by atoms with Crippen LogP contribution in [0.25, 0.3) is 22.7 Å². The first-order chi connectivity index (χ1) is 28.5. The summed E-state index contributed by atoms with van der Waals surface area (Å²) < 4.78 is 10.4. The average Bonchev–Trinajstić information content (AvgIpc) is 3.82. The van der Waals surface area contributed by atoms with E-state index in [1.807, 2.05) is 0 Å². The van der Waals surface area contributed by atoms with Gasteiger partial charge in [-0.25, -0.2) is 0 Å². The molecule has 0 bridgehead atoms. The van der Waals surface area contributed by atoms with Gasteiger partial charge in [0, 0.05) is 61.0 Å². The predicted octanol–water partition coefficient (Wildman–Crippen LogP) is 14.0. The zero-order valence-electron chi connectivity index (χ0n) is 39.6. The van der Waals surface area contributed by atoms with E-state index in [-0.39, 0.29) is 0 Å². The van der Waals surface area contributed by atoms with Gasteiger partial charge in [-0.15, -0.1) is 0 Å². The summed E-state index contributed by atoms with van der Waals surface area (Å²) >= 11 is 0. The lowest BCUT2D eigenvalue weighted by atomic mass is 9.92. The van der Waals surface area contributed by atoms with E-state index >= 15 is 0 Å². The molecule has 4 nitrogen and oxygen atoms in total. The minimum Gasteiger partial charge on any atom is -0.195 e. The number of aromatic nitrogens is 4. The topological polar surface area (TPSA) is 17.6 Å². The predicted molar refractivity (Wildman–Crippen MR) is 263 cm³/mol. The summed E-state index contributed by atoms with van der Waals surface area (Å²) in [5.41, 5.74) is 19.3. The zero-order chi connectivity index (χ0) is 43.7. The zero-order valence-corrected chi connectivity index (χ0v) is 41.6. The molecule has 0 spiro atoms. The fourth-order valence-corrected chi connectivity index (χ4v) is 12.6. The van der Waals surface area contributed by atoms with Crippen molar-refractivity contribution in [1.29, 1.82) is 0 Å². The summed E-state index contributed by atoms with van der Waals surface area (Å²) in [4.78, 5) is 0. The van der Waals surface area contributed by atoms with Crippen LogP contribution in [0.1, 0.15) is 203 Å². The van der Waals surface area contributed by atoms with Crippen molar-refractivity contribution in [2.24, 2.45) is 0 Å². The second-order valence-corrected chi connectivity index (χ2v) is 22.2. The molecule has 0 aliphatic carbocycles. The smallest absolute Gasteiger partial charge is 0.195 e. The Kier molecular flexibility index (Phi) is 14.5. The molecule has 2 aromatic heterocycles. The molecule has 0 aliphatic rings. The molecule has 0 N–H and O–H groups in total.